The Bertz CT molecular complexity index is 411. The zero-order valence-electron chi connectivity index (χ0n) is 7.86. The Morgan fingerprint density at radius 3 is 2.31 bits per heavy atom. The predicted octanol–water partition coefficient (Wildman–Crippen LogP) is 1.32. The van der Waals surface area contributed by atoms with E-state index in [4.69, 9.17) is 5.90 Å². The van der Waals surface area contributed by atoms with Crippen molar-refractivity contribution >= 4 is 23.8 Å². The van der Waals surface area contributed by atoms with Crippen LogP contribution in [0.1, 0.15) is 5.56 Å². The molecule has 0 radical (unpaired) electrons. The molecule has 0 saturated heterocycles. The van der Waals surface area contributed by atoms with E-state index in [1.165, 1.54) is 6.07 Å². The van der Waals surface area contributed by atoms with Crippen LogP contribution >= 0.6 is 12.4 Å². The van der Waals surface area contributed by atoms with Crippen molar-refractivity contribution < 1.29 is 14.7 Å². The van der Waals surface area contributed by atoms with Gasteiger partial charge in [-0.05, 0) is 6.07 Å². The van der Waals surface area contributed by atoms with Gasteiger partial charge >= 0.3 is 0 Å². The molecule has 8 nitrogen and oxygen atoms in total. The summed E-state index contributed by atoms with van der Waals surface area (Å²) in [6, 6.07) is 3.26. The van der Waals surface area contributed by atoms with Gasteiger partial charge in [-0.1, -0.05) is 0 Å². The first-order valence-electron chi connectivity index (χ1n) is 3.79. The Balaban J connectivity index is 0.00000225. The van der Waals surface area contributed by atoms with E-state index in [2.05, 4.69) is 4.84 Å². The molecule has 1 aromatic rings. The highest BCUT2D eigenvalue weighted by Gasteiger charge is 2.18. The van der Waals surface area contributed by atoms with Gasteiger partial charge in [-0.2, -0.15) is 0 Å². The summed E-state index contributed by atoms with van der Waals surface area (Å²) in [7, 11) is 0. The van der Waals surface area contributed by atoms with Crippen LogP contribution in [0.3, 0.4) is 0 Å². The second-order valence-corrected chi connectivity index (χ2v) is 2.64. The summed E-state index contributed by atoms with van der Waals surface area (Å²) < 4.78 is 0. The lowest BCUT2D eigenvalue weighted by Gasteiger charge is -2.00. The van der Waals surface area contributed by atoms with Gasteiger partial charge in [0.05, 0.1) is 28.1 Å². The molecule has 2 N–H and O–H groups in total. The van der Waals surface area contributed by atoms with Gasteiger partial charge in [-0.15, -0.1) is 12.4 Å². The Labute approximate surface area is 95.7 Å². The van der Waals surface area contributed by atoms with Gasteiger partial charge in [0.15, 0.2) is 0 Å². The highest BCUT2D eigenvalue weighted by molar-refractivity contribution is 5.85. The number of hydrogen-bond acceptors (Lipinski definition) is 6. The summed E-state index contributed by atoms with van der Waals surface area (Å²) in [4.78, 5) is 23.7. The first-order valence-corrected chi connectivity index (χ1v) is 3.79. The molecule has 0 aliphatic rings. The second kappa shape index (κ2) is 5.95. The van der Waals surface area contributed by atoms with Crippen molar-refractivity contribution in [2.45, 2.75) is 6.61 Å². The topological polar surface area (TPSA) is 122 Å². The largest absolute Gasteiger partial charge is 0.300 e. The van der Waals surface area contributed by atoms with Gasteiger partial charge < -0.3 is 0 Å². The summed E-state index contributed by atoms with van der Waals surface area (Å²) in [6.07, 6.45) is 0. The number of hydrogen-bond donors (Lipinski definition) is 1. The molecule has 0 saturated carbocycles. The van der Waals surface area contributed by atoms with Crippen LogP contribution in [0.15, 0.2) is 18.2 Å². The van der Waals surface area contributed by atoms with Crippen molar-refractivity contribution in [2.75, 3.05) is 0 Å². The Morgan fingerprint density at radius 1 is 1.25 bits per heavy atom. The number of rotatable bonds is 4. The van der Waals surface area contributed by atoms with E-state index in [1.807, 2.05) is 0 Å². The Hall–Kier alpha value is -1.77. The van der Waals surface area contributed by atoms with E-state index in [-0.39, 0.29) is 36.0 Å². The average Bonchev–Trinajstić information content (AvgIpc) is 2.18. The van der Waals surface area contributed by atoms with Crippen molar-refractivity contribution in [3.63, 3.8) is 0 Å². The molecule has 9 heteroatoms. The molecule has 16 heavy (non-hydrogen) atoms. The third kappa shape index (κ3) is 3.12. The minimum absolute atomic E-state index is 0. The van der Waals surface area contributed by atoms with E-state index in [1.54, 1.807) is 0 Å². The molecule has 0 spiro atoms. The Morgan fingerprint density at radius 2 is 1.88 bits per heavy atom. The maximum absolute atomic E-state index is 10.6. The van der Waals surface area contributed by atoms with E-state index >= 15 is 0 Å². The number of non-ortho nitro benzene ring substituents is 1. The third-order valence-electron chi connectivity index (χ3n) is 1.72. The van der Waals surface area contributed by atoms with Gasteiger partial charge in [0.2, 0.25) is 0 Å². The van der Waals surface area contributed by atoms with Crippen LogP contribution in [0.5, 0.6) is 0 Å². The highest BCUT2D eigenvalue weighted by atomic mass is 35.5. The van der Waals surface area contributed by atoms with E-state index < -0.39 is 9.85 Å². The molecule has 0 atom stereocenters. The summed E-state index contributed by atoms with van der Waals surface area (Å²) in [5, 5.41) is 20.9. The minimum Gasteiger partial charge on any atom is -0.300 e. The normalized spacial score (nSPS) is 9.31. The fourth-order valence-corrected chi connectivity index (χ4v) is 1.05. The lowest BCUT2D eigenvalue weighted by Crippen LogP contribution is -2.03. The van der Waals surface area contributed by atoms with Crippen molar-refractivity contribution in [3.8, 4) is 0 Å². The van der Waals surface area contributed by atoms with Crippen LogP contribution in [0.2, 0.25) is 0 Å². The molecule has 0 aromatic heterocycles. The van der Waals surface area contributed by atoms with Crippen LogP contribution < -0.4 is 5.90 Å². The van der Waals surface area contributed by atoms with E-state index in [0.29, 0.717) is 0 Å². The first kappa shape index (κ1) is 14.2. The number of nitro benzene ring substituents is 2. The summed E-state index contributed by atoms with van der Waals surface area (Å²) in [6.45, 7) is -0.172. The maximum atomic E-state index is 10.6. The summed E-state index contributed by atoms with van der Waals surface area (Å²) in [5.41, 5.74) is -0.537. The van der Waals surface area contributed by atoms with E-state index in [9.17, 15) is 20.2 Å². The van der Waals surface area contributed by atoms with Crippen molar-refractivity contribution in [3.05, 3.63) is 44.0 Å². The SMILES string of the molecule is Cl.NOCc1ccc([N+](=O)[O-])cc1[N+](=O)[O-]. The highest BCUT2D eigenvalue weighted by Crippen LogP contribution is 2.24. The van der Waals surface area contributed by atoms with Crippen molar-refractivity contribution in [1.82, 2.24) is 0 Å². The van der Waals surface area contributed by atoms with Crippen LogP contribution in [0.4, 0.5) is 11.4 Å². The number of nitrogens with zero attached hydrogens (tertiary/aromatic N) is 2. The third-order valence-corrected chi connectivity index (χ3v) is 1.72. The molecule has 1 rings (SSSR count). The minimum atomic E-state index is -0.721. The molecule has 0 bridgehead atoms. The van der Waals surface area contributed by atoms with Gasteiger partial charge in [-0.3, -0.25) is 25.1 Å². The Kier molecular flexibility index (Phi) is 5.30. The lowest BCUT2D eigenvalue weighted by molar-refractivity contribution is -0.394. The first-order chi connectivity index (χ1) is 7.06. The molecule has 0 aliphatic carbocycles. The van der Waals surface area contributed by atoms with Gasteiger partial charge in [0, 0.05) is 6.07 Å². The maximum Gasteiger partial charge on any atom is 0.281 e. The molecular weight excluding hydrogens is 242 g/mol. The zero-order valence-corrected chi connectivity index (χ0v) is 8.68. The smallest absolute Gasteiger partial charge is 0.281 e. The van der Waals surface area contributed by atoms with Gasteiger partial charge in [0.1, 0.15) is 0 Å². The fourth-order valence-electron chi connectivity index (χ4n) is 1.05. The van der Waals surface area contributed by atoms with Crippen molar-refractivity contribution in [1.29, 1.82) is 0 Å². The number of halogens is 1. The molecule has 0 amide bonds. The molecule has 0 fully saturated rings. The summed E-state index contributed by atoms with van der Waals surface area (Å²) in [5.74, 6) is 4.77. The molecular formula is C7H8ClN3O5. The molecule has 0 aliphatic heterocycles. The van der Waals surface area contributed by atoms with Gasteiger partial charge in [0.25, 0.3) is 11.4 Å². The van der Waals surface area contributed by atoms with Crippen LogP contribution in [0, 0.1) is 20.2 Å². The molecule has 1 aromatic carbocycles. The standard InChI is InChI=1S/C7H7N3O5.ClH/c8-15-4-5-1-2-6(9(11)12)3-7(5)10(13)14;/h1-3H,4,8H2;1H. The van der Waals surface area contributed by atoms with Crippen molar-refractivity contribution in [2.24, 2.45) is 5.90 Å². The quantitative estimate of drug-likeness (QED) is 0.634. The van der Waals surface area contributed by atoms with Crippen LogP contribution in [-0.4, -0.2) is 9.85 Å². The van der Waals surface area contributed by atoms with E-state index in [0.717, 1.165) is 12.1 Å². The van der Waals surface area contributed by atoms with Crippen LogP contribution in [-0.2, 0) is 11.4 Å². The zero-order chi connectivity index (χ0) is 11.4. The fraction of sp³-hybridized carbons (Fsp3) is 0.143. The number of benzene rings is 1. The monoisotopic (exact) mass is 249 g/mol. The predicted molar refractivity (Wildman–Crippen MR) is 56.0 cm³/mol. The molecule has 0 heterocycles. The van der Waals surface area contributed by atoms with Crippen LogP contribution in [0.25, 0.3) is 0 Å². The number of nitrogens with two attached hydrogens (primary N) is 1. The second-order valence-electron chi connectivity index (χ2n) is 2.64. The lowest BCUT2D eigenvalue weighted by atomic mass is 10.2. The number of nitro groups is 2. The molecule has 0 unspecified atom stereocenters. The summed E-state index contributed by atoms with van der Waals surface area (Å²) >= 11 is 0. The molecule has 88 valence electrons. The van der Waals surface area contributed by atoms with Gasteiger partial charge in [-0.25, -0.2) is 5.90 Å². The average molecular weight is 250 g/mol.